The maximum Gasteiger partial charge on any atom is 0.420 e. The van der Waals surface area contributed by atoms with Crippen molar-refractivity contribution in [2.24, 2.45) is 5.73 Å². The van der Waals surface area contributed by atoms with Crippen LogP contribution in [0.4, 0.5) is 19.3 Å². The number of carbonyl (C=O) groups is 2. The van der Waals surface area contributed by atoms with E-state index in [1.165, 1.54) is 59.9 Å². The lowest BCUT2D eigenvalue weighted by Gasteiger charge is -2.40. The minimum atomic E-state index is -3.98. The van der Waals surface area contributed by atoms with Gasteiger partial charge in [0.1, 0.15) is 17.4 Å². The Balaban J connectivity index is 1.50. The fraction of sp³-hybridized carbons (Fsp3) is 0.297. The zero-order valence-electron chi connectivity index (χ0n) is 28.3. The predicted molar refractivity (Wildman–Crippen MR) is 190 cm³/mol. The summed E-state index contributed by atoms with van der Waals surface area (Å²) in [7, 11) is -1.42. The quantitative estimate of drug-likeness (QED) is 0.195. The number of piperazine rings is 1. The number of carbonyl (C=O) groups excluding carboxylic acids is 2. The van der Waals surface area contributed by atoms with Gasteiger partial charge < -0.3 is 20.5 Å². The molecule has 3 N–H and O–H groups in total. The molecular weight excluding hydrogens is 702 g/mol. The molecule has 1 saturated heterocycles. The van der Waals surface area contributed by atoms with Crippen LogP contribution in [0.3, 0.4) is 0 Å². The van der Waals surface area contributed by atoms with E-state index in [1.807, 2.05) is 0 Å². The molecule has 4 aromatic carbocycles. The molecule has 2 amide bonds. The van der Waals surface area contributed by atoms with Crippen LogP contribution in [0.2, 0.25) is 5.02 Å². The first-order valence-corrected chi connectivity index (χ1v) is 18.0. The molecule has 0 aromatic heterocycles. The van der Waals surface area contributed by atoms with E-state index in [2.05, 4.69) is 5.32 Å². The highest BCUT2D eigenvalue weighted by molar-refractivity contribution is 7.89. The SMILES string of the molecule is COC(=O)N(C(=O)[C@@H](N)[C@H](c1cccc(F)c1)c1cccc(Cl)c1)c1cccc(F)c1CC[C@H]1CNC[C@H](C)N1S(=O)(=O)c1ccc(OC)cc1. The maximum absolute atomic E-state index is 15.8. The van der Waals surface area contributed by atoms with Gasteiger partial charge in [0.05, 0.1) is 30.8 Å². The number of amides is 2. The Kier molecular flexibility index (Phi) is 12.1. The molecule has 0 aliphatic carbocycles. The Hall–Kier alpha value is -4.40. The molecule has 4 aromatic rings. The van der Waals surface area contributed by atoms with Crippen molar-refractivity contribution in [1.29, 1.82) is 0 Å². The molecule has 1 aliphatic rings. The molecule has 51 heavy (non-hydrogen) atoms. The zero-order valence-corrected chi connectivity index (χ0v) is 29.8. The lowest BCUT2D eigenvalue weighted by atomic mass is 9.84. The summed E-state index contributed by atoms with van der Waals surface area (Å²) in [6.45, 7) is 2.46. The summed E-state index contributed by atoms with van der Waals surface area (Å²) in [6, 6.07) is 19.6. The van der Waals surface area contributed by atoms with Gasteiger partial charge in [-0.3, -0.25) is 4.79 Å². The molecule has 0 unspecified atom stereocenters. The second-order valence-corrected chi connectivity index (χ2v) is 14.5. The summed E-state index contributed by atoms with van der Waals surface area (Å²) in [5.41, 5.74) is 7.33. The van der Waals surface area contributed by atoms with Crippen molar-refractivity contribution in [3.63, 3.8) is 0 Å². The summed E-state index contributed by atoms with van der Waals surface area (Å²) in [5, 5.41) is 3.59. The van der Waals surface area contributed by atoms with Gasteiger partial charge in [-0.05, 0) is 91.6 Å². The van der Waals surface area contributed by atoms with Crippen LogP contribution in [0, 0.1) is 11.6 Å². The Morgan fingerprint density at radius 3 is 2.29 bits per heavy atom. The number of hydrogen-bond acceptors (Lipinski definition) is 8. The van der Waals surface area contributed by atoms with Gasteiger partial charge in [0.15, 0.2) is 0 Å². The van der Waals surface area contributed by atoms with Gasteiger partial charge in [-0.1, -0.05) is 41.9 Å². The van der Waals surface area contributed by atoms with Gasteiger partial charge in [-0.15, -0.1) is 0 Å². The van der Waals surface area contributed by atoms with E-state index in [9.17, 15) is 22.4 Å². The van der Waals surface area contributed by atoms with Crippen LogP contribution in [-0.4, -0.2) is 70.2 Å². The molecule has 0 spiro atoms. The number of halogens is 3. The second kappa shape index (κ2) is 16.3. The van der Waals surface area contributed by atoms with E-state index >= 15 is 4.39 Å². The van der Waals surface area contributed by atoms with Crippen LogP contribution in [0.5, 0.6) is 5.75 Å². The average molecular weight is 741 g/mol. The molecule has 1 heterocycles. The highest BCUT2D eigenvalue weighted by Gasteiger charge is 2.40. The van der Waals surface area contributed by atoms with Crippen LogP contribution < -0.4 is 20.7 Å². The lowest BCUT2D eigenvalue weighted by molar-refractivity contribution is -0.119. The highest BCUT2D eigenvalue weighted by Crippen LogP contribution is 2.34. The highest BCUT2D eigenvalue weighted by atomic mass is 35.5. The van der Waals surface area contributed by atoms with Crippen LogP contribution in [0.15, 0.2) is 95.9 Å². The number of ether oxygens (including phenoxy) is 2. The third-order valence-electron chi connectivity index (χ3n) is 8.95. The van der Waals surface area contributed by atoms with E-state index in [4.69, 9.17) is 26.8 Å². The topological polar surface area (TPSA) is 131 Å². The van der Waals surface area contributed by atoms with Gasteiger partial charge in [0, 0.05) is 41.7 Å². The summed E-state index contributed by atoms with van der Waals surface area (Å²) in [4.78, 5) is 28.5. The first-order chi connectivity index (χ1) is 24.4. The normalized spacial score (nSPS) is 17.7. The minimum absolute atomic E-state index is 0.0199. The molecule has 0 radical (unpaired) electrons. The van der Waals surface area contributed by atoms with Gasteiger partial charge in [-0.25, -0.2) is 26.9 Å². The first kappa shape index (κ1) is 37.8. The number of imide groups is 1. The van der Waals surface area contributed by atoms with Crippen molar-refractivity contribution in [3.8, 4) is 5.75 Å². The van der Waals surface area contributed by atoms with Gasteiger partial charge >= 0.3 is 6.09 Å². The van der Waals surface area contributed by atoms with Crippen LogP contribution in [0.1, 0.15) is 36.0 Å². The molecule has 14 heteroatoms. The number of nitrogens with zero attached hydrogens (tertiary/aromatic N) is 2. The molecule has 270 valence electrons. The van der Waals surface area contributed by atoms with E-state index in [0.717, 1.165) is 7.11 Å². The van der Waals surface area contributed by atoms with Crippen molar-refractivity contribution in [2.45, 2.75) is 48.7 Å². The Bertz CT molecular complexity index is 1940. The first-order valence-electron chi connectivity index (χ1n) is 16.2. The Morgan fingerprint density at radius 2 is 1.65 bits per heavy atom. The summed E-state index contributed by atoms with van der Waals surface area (Å²) in [5.74, 6) is -2.70. The molecule has 0 saturated carbocycles. The molecule has 1 aliphatic heterocycles. The smallest absolute Gasteiger partial charge is 0.420 e. The van der Waals surface area contributed by atoms with Crippen LogP contribution >= 0.6 is 11.6 Å². The summed E-state index contributed by atoms with van der Waals surface area (Å²) < 4.78 is 69.7. The summed E-state index contributed by atoms with van der Waals surface area (Å²) in [6.07, 6.45) is -1.06. The fourth-order valence-corrected chi connectivity index (χ4v) is 8.59. The van der Waals surface area contributed by atoms with Gasteiger partial charge in [0.25, 0.3) is 5.91 Å². The number of anilines is 1. The van der Waals surface area contributed by atoms with E-state index in [-0.39, 0.29) is 35.5 Å². The number of sulfonamides is 1. The number of rotatable bonds is 11. The molecule has 0 bridgehead atoms. The monoisotopic (exact) mass is 740 g/mol. The van der Waals surface area contributed by atoms with E-state index < -0.39 is 57.7 Å². The van der Waals surface area contributed by atoms with Crippen molar-refractivity contribution in [3.05, 3.63) is 124 Å². The Labute approximate surface area is 301 Å². The molecule has 5 rings (SSSR count). The summed E-state index contributed by atoms with van der Waals surface area (Å²) >= 11 is 6.28. The van der Waals surface area contributed by atoms with Crippen molar-refractivity contribution in [1.82, 2.24) is 9.62 Å². The lowest BCUT2D eigenvalue weighted by Crippen LogP contribution is -2.58. The molecule has 4 atom stereocenters. The number of hydrogen-bond donors (Lipinski definition) is 2. The van der Waals surface area contributed by atoms with Gasteiger partial charge in [0.2, 0.25) is 10.0 Å². The van der Waals surface area contributed by atoms with Crippen molar-refractivity contribution in [2.75, 3.05) is 32.2 Å². The predicted octanol–water partition coefficient (Wildman–Crippen LogP) is 5.87. The average Bonchev–Trinajstić information content (AvgIpc) is 3.11. The van der Waals surface area contributed by atoms with Crippen LogP contribution in [-0.2, 0) is 26.0 Å². The third kappa shape index (κ3) is 8.23. The molecule has 10 nitrogen and oxygen atoms in total. The van der Waals surface area contributed by atoms with Crippen molar-refractivity contribution >= 4 is 39.3 Å². The largest absolute Gasteiger partial charge is 0.497 e. The van der Waals surface area contributed by atoms with Crippen molar-refractivity contribution < 1.29 is 36.3 Å². The fourth-order valence-electron chi connectivity index (χ4n) is 6.54. The van der Waals surface area contributed by atoms with E-state index in [1.54, 1.807) is 49.4 Å². The van der Waals surface area contributed by atoms with E-state index in [0.29, 0.717) is 33.3 Å². The zero-order chi connectivity index (χ0) is 36.9. The molecular formula is C37H39ClF2N4O6S. The second-order valence-electron chi connectivity index (χ2n) is 12.2. The maximum atomic E-state index is 15.8. The van der Waals surface area contributed by atoms with Crippen LogP contribution in [0.25, 0.3) is 0 Å². The third-order valence-corrected chi connectivity index (χ3v) is 11.3. The minimum Gasteiger partial charge on any atom is -0.497 e. The Morgan fingerprint density at radius 1 is 0.980 bits per heavy atom. The number of methoxy groups -OCH3 is 2. The standard InChI is InChI=1S/C37H39ClF2N4O6S/c1-23-21-42-22-28(44(23)51(47,48)30-16-14-29(49-2)15-17-30)13-18-31-32(40)11-6-12-33(31)43(37(46)50-3)36(45)35(41)34(24-7-4-9-26(38)19-24)25-8-5-10-27(39)20-25/h4-12,14-17,19-20,23,28,34-35,42H,13,18,21-22,41H2,1-3H3/t23-,28-,34-,35-/m0/s1. The molecule has 1 fully saturated rings. The number of nitrogens with one attached hydrogen (secondary N) is 1. The number of benzene rings is 4. The number of nitrogens with two attached hydrogens (primary N) is 1. The van der Waals surface area contributed by atoms with Gasteiger partial charge in [-0.2, -0.15) is 4.31 Å².